The van der Waals surface area contributed by atoms with E-state index in [4.69, 9.17) is 4.89 Å². The van der Waals surface area contributed by atoms with Crippen molar-refractivity contribution in [1.82, 2.24) is 0 Å². The van der Waals surface area contributed by atoms with Crippen LogP contribution in [-0.2, 0) is 9.05 Å². The maximum absolute atomic E-state index is 8.83. The minimum absolute atomic E-state index is 1.43. The van der Waals surface area contributed by atoms with Gasteiger partial charge in [-0.2, -0.15) is 0 Å². The number of rotatable bonds is 2. The summed E-state index contributed by atoms with van der Waals surface area (Å²) in [6, 6.07) is 0. The monoisotopic (exact) mass is 124 g/mol. The molecular formula is C2H10BO3P. The van der Waals surface area contributed by atoms with Gasteiger partial charge in [-0.25, -0.2) is 0 Å². The summed E-state index contributed by atoms with van der Waals surface area (Å²) in [6.45, 7) is 0. The topological polar surface area (TPSA) is 38.7 Å². The summed E-state index contributed by atoms with van der Waals surface area (Å²) in [5, 5.41) is 0. The Morgan fingerprint density at radius 1 is 1.43 bits per heavy atom. The zero-order valence-electron chi connectivity index (χ0n) is 4.76. The van der Waals surface area contributed by atoms with Crippen molar-refractivity contribution < 1.29 is 13.9 Å². The Labute approximate surface area is 44.6 Å². The quantitative estimate of drug-likeness (QED) is 0.391. The molecule has 0 amide bonds. The fourth-order valence-corrected chi connectivity index (χ4v) is 0.250. The summed E-state index contributed by atoms with van der Waals surface area (Å²) in [5.41, 5.74) is 0. The van der Waals surface area contributed by atoms with Crippen molar-refractivity contribution in [1.29, 1.82) is 0 Å². The van der Waals surface area contributed by atoms with Gasteiger partial charge in [-0.3, -0.25) is 0 Å². The molecule has 5 heteroatoms. The van der Waals surface area contributed by atoms with Crippen molar-refractivity contribution >= 4 is 15.4 Å². The van der Waals surface area contributed by atoms with Crippen LogP contribution in [0.4, 0.5) is 0 Å². The first-order chi connectivity index (χ1) is 3.12. The molecule has 0 aromatic rings. The average Bonchev–Trinajstić information content (AvgIpc) is 1.68. The second-order valence-corrected chi connectivity index (χ2v) is 3.92. The number of hydrogen-bond donors (Lipinski definition) is 1. The normalized spacial score (nSPS) is 14.1. The molecule has 0 heterocycles. The van der Waals surface area contributed by atoms with Crippen molar-refractivity contribution in [3.8, 4) is 0 Å². The molecule has 0 saturated heterocycles. The molecule has 0 rings (SSSR count). The SMILES string of the molecule is B[PH](O)(OC)OC. The summed E-state index contributed by atoms with van der Waals surface area (Å²) in [5.74, 6) is 0. The summed E-state index contributed by atoms with van der Waals surface area (Å²) < 4.78 is 9.12. The summed E-state index contributed by atoms with van der Waals surface area (Å²) in [7, 11) is 1.75. The van der Waals surface area contributed by atoms with Crippen LogP contribution in [0.15, 0.2) is 0 Å². The van der Waals surface area contributed by atoms with Gasteiger partial charge in [-0.1, -0.05) is 0 Å². The molecule has 0 atom stereocenters. The third-order valence-corrected chi connectivity index (χ3v) is 2.27. The van der Waals surface area contributed by atoms with Crippen LogP contribution in [0, 0.1) is 0 Å². The summed E-state index contributed by atoms with van der Waals surface area (Å²) >= 11 is 0. The molecule has 0 aliphatic carbocycles. The molecule has 0 radical (unpaired) electrons. The van der Waals surface area contributed by atoms with Crippen LogP contribution in [0.3, 0.4) is 0 Å². The van der Waals surface area contributed by atoms with Gasteiger partial charge in [-0.05, 0) is 0 Å². The van der Waals surface area contributed by atoms with E-state index in [2.05, 4.69) is 9.05 Å². The van der Waals surface area contributed by atoms with Gasteiger partial charge in [0.05, 0.1) is 0 Å². The molecule has 0 aromatic heterocycles. The van der Waals surface area contributed by atoms with Gasteiger partial charge in [0.1, 0.15) is 0 Å². The predicted molar refractivity (Wildman–Crippen MR) is 33.1 cm³/mol. The van der Waals surface area contributed by atoms with Crippen molar-refractivity contribution in [2.75, 3.05) is 14.2 Å². The molecule has 44 valence electrons. The van der Waals surface area contributed by atoms with E-state index in [0.717, 1.165) is 0 Å². The van der Waals surface area contributed by atoms with Gasteiger partial charge in [0.15, 0.2) is 0 Å². The van der Waals surface area contributed by atoms with Crippen LogP contribution < -0.4 is 0 Å². The molecule has 0 bridgehead atoms. The Bertz CT molecular complexity index is 50.9. The first-order valence-electron chi connectivity index (χ1n) is 1.95. The molecule has 0 spiro atoms. The van der Waals surface area contributed by atoms with E-state index in [1.54, 1.807) is 7.57 Å². The molecule has 0 saturated carbocycles. The summed E-state index contributed by atoms with van der Waals surface area (Å²) in [6.07, 6.45) is 0. The van der Waals surface area contributed by atoms with Gasteiger partial charge < -0.3 is 0 Å². The van der Waals surface area contributed by atoms with Crippen LogP contribution in [0.5, 0.6) is 0 Å². The third kappa shape index (κ3) is 3.00. The first-order valence-corrected chi connectivity index (χ1v) is 4.21. The predicted octanol–water partition coefficient (Wildman–Crippen LogP) is -0.686. The molecule has 0 aliphatic heterocycles. The standard InChI is InChI=1S/C2H10BO3P/c1-5-7(3,4)6-2/h4,7H,3H2,1-2H3. The molecule has 7 heavy (non-hydrogen) atoms. The van der Waals surface area contributed by atoms with Crippen LogP contribution >= 0.6 is 7.82 Å². The Balaban J connectivity index is 3.36. The Morgan fingerprint density at radius 3 is 1.71 bits per heavy atom. The van der Waals surface area contributed by atoms with Gasteiger partial charge in [-0.15, -0.1) is 0 Å². The maximum atomic E-state index is 8.83. The Hall–Kier alpha value is 0.375. The minimum atomic E-state index is -2.65. The van der Waals surface area contributed by atoms with E-state index >= 15 is 0 Å². The fourth-order valence-electron chi connectivity index (χ4n) is 0.0833. The van der Waals surface area contributed by atoms with Crippen LogP contribution in [-0.4, -0.2) is 26.7 Å². The molecule has 0 aliphatic rings. The Kier molecular flexibility index (Phi) is 2.77. The molecule has 1 N–H and O–H groups in total. The molecular weight excluding hydrogens is 114 g/mol. The Morgan fingerprint density at radius 2 is 1.71 bits per heavy atom. The zero-order chi connectivity index (χ0) is 5.91. The summed E-state index contributed by atoms with van der Waals surface area (Å²) in [4.78, 5) is 8.83. The first kappa shape index (κ1) is 7.37. The molecule has 0 unspecified atom stereocenters. The van der Waals surface area contributed by atoms with Gasteiger partial charge in [0.25, 0.3) is 0 Å². The van der Waals surface area contributed by atoms with Crippen molar-refractivity contribution in [2.45, 2.75) is 0 Å². The van der Waals surface area contributed by atoms with Crippen LogP contribution in [0.1, 0.15) is 0 Å². The fraction of sp³-hybridized carbons (Fsp3) is 1.00. The molecule has 3 nitrogen and oxygen atoms in total. The van der Waals surface area contributed by atoms with E-state index in [9.17, 15) is 0 Å². The van der Waals surface area contributed by atoms with E-state index in [1.165, 1.54) is 14.2 Å². The molecule has 0 aromatic carbocycles. The number of hydrogen-bond acceptors (Lipinski definition) is 3. The van der Waals surface area contributed by atoms with Gasteiger partial charge >= 0.3 is 43.5 Å². The van der Waals surface area contributed by atoms with Crippen molar-refractivity contribution in [3.05, 3.63) is 0 Å². The average molecular weight is 124 g/mol. The van der Waals surface area contributed by atoms with Gasteiger partial charge in [0.2, 0.25) is 0 Å². The van der Waals surface area contributed by atoms with Crippen molar-refractivity contribution in [3.63, 3.8) is 0 Å². The second kappa shape index (κ2) is 2.63. The second-order valence-electron chi connectivity index (χ2n) is 1.31. The third-order valence-electron chi connectivity index (χ3n) is 0.757. The van der Waals surface area contributed by atoms with E-state index in [1.807, 2.05) is 0 Å². The van der Waals surface area contributed by atoms with E-state index < -0.39 is 7.82 Å². The van der Waals surface area contributed by atoms with Crippen LogP contribution in [0.2, 0.25) is 0 Å². The van der Waals surface area contributed by atoms with Crippen molar-refractivity contribution in [2.24, 2.45) is 0 Å². The zero-order valence-corrected chi connectivity index (χ0v) is 5.76. The van der Waals surface area contributed by atoms with E-state index in [-0.39, 0.29) is 0 Å². The molecule has 0 fully saturated rings. The van der Waals surface area contributed by atoms with E-state index in [0.29, 0.717) is 0 Å². The van der Waals surface area contributed by atoms with Crippen LogP contribution in [0.25, 0.3) is 0 Å². The van der Waals surface area contributed by atoms with Gasteiger partial charge in [0, 0.05) is 0 Å².